The average Bonchev–Trinajstić information content (AvgIpc) is 2.71. The standard InChI is InChI=1S/C11H11FN2O2S2/c1-7-2-3-9(12)10(4-7)14-18(15,16)11-5-8(13)6-17-11/h2-6,14H,13H2,1H3. The highest BCUT2D eigenvalue weighted by atomic mass is 32.2. The van der Waals surface area contributed by atoms with Crippen LogP contribution in [-0.2, 0) is 10.0 Å². The molecule has 3 N–H and O–H groups in total. The summed E-state index contributed by atoms with van der Waals surface area (Å²) >= 11 is 0.988. The Bertz CT molecular complexity index is 680. The lowest BCUT2D eigenvalue weighted by Gasteiger charge is -2.07. The van der Waals surface area contributed by atoms with Crippen LogP contribution < -0.4 is 10.5 Å². The Morgan fingerprint density at radius 3 is 2.67 bits per heavy atom. The van der Waals surface area contributed by atoms with E-state index < -0.39 is 15.8 Å². The summed E-state index contributed by atoms with van der Waals surface area (Å²) < 4.78 is 39.6. The van der Waals surface area contributed by atoms with Gasteiger partial charge in [-0.05, 0) is 30.7 Å². The van der Waals surface area contributed by atoms with Crippen LogP contribution in [0.4, 0.5) is 15.8 Å². The van der Waals surface area contributed by atoms with Gasteiger partial charge >= 0.3 is 0 Å². The van der Waals surface area contributed by atoms with Crippen molar-refractivity contribution in [2.75, 3.05) is 10.5 Å². The second-order valence-electron chi connectivity index (χ2n) is 3.79. The first-order chi connectivity index (χ1) is 8.38. The van der Waals surface area contributed by atoms with Gasteiger partial charge in [-0.1, -0.05) is 6.07 Å². The Labute approximate surface area is 108 Å². The highest BCUT2D eigenvalue weighted by molar-refractivity contribution is 7.94. The fraction of sp³-hybridized carbons (Fsp3) is 0.0909. The maximum absolute atomic E-state index is 13.5. The number of hydrogen-bond acceptors (Lipinski definition) is 4. The van der Waals surface area contributed by atoms with Crippen molar-refractivity contribution in [3.05, 3.63) is 41.0 Å². The molecule has 18 heavy (non-hydrogen) atoms. The molecule has 0 saturated heterocycles. The first-order valence-electron chi connectivity index (χ1n) is 5.01. The van der Waals surface area contributed by atoms with Crippen LogP contribution in [0.1, 0.15) is 5.56 Å². The highest BCUT2D eigenvalue weighted by Gasteiger charge is 2.18. The van der Waals surface area contributed by atoms with Crippen LogP contribution in [0.5, 0.6) is 0 Å². The Hall–Kier alpha value is -1.60. The molecular formula is C11H11FN2O2S2. The first-order valence-corrected chi connectivity index (χ1v) is 7.38. The van der Waals surface area contributed by atoms with Crippen molar-refractivity contribution >= 4 is 32.7 Å². The van der Waals surface area contributed by atoms with Crippen LogP contribution in [0.2, 0.25) is 0 Å². The van der Waals surface area contributed by atoms with Gasteiger partial charge in [0, 0.05) is 11.1 Å². The average molecular weight is 286 g/mol. The van der Waals surface area contributed by atoms with Crippen molar-refractivity contribution in [3.8, 4) is 0 Å². The Morgan fingerprint density at radius 2 is 2.06 bits per heavy atom. The Kier molecular flexibility index (Phi) is 3.27. The van der Waals surface area contributed by atoms with Crippen molar-refractivity contribution < 1.29 is 12.8 Å². The molecule has 2 rings (SSSR count). The molecule has 1 aromatic heterocycles. The summed E-state index contributed by atoms with van der Waals surface area (Å²) in [6.07, 6.45) is 0. The third-order valence-electron chi connectivity index (χ3n) is 2.23. The van der Waals surface area contributed by atoms with Gasteiger partial charge in [0.15, 0.2) is 0 Å². The third kappa shape index (κ3) is 2.62. The number of halogens is 1. The van der Waals surface area contributed by atoms with E-state index in [1.807, 2.05) is 0 Å². The monoisotopic (exact) mass is 286 g/mol. The third-order valence-corrected chi connectivity index (χ3v) is 5.05. The largest absolute Gasteiger partial charge is 0.398 e. The van der Waals surface area contributed by atoms with Gasteiger partial charge in [0.05, 0.1) is 5.69 Å². The van der Waals surface area contributed by atoms with E-state index in [2.05, 4.69) is 4.72 Å². The highest BCUT2D eigenvalue weighted by Crippen LogP contribution is 2.25. The van der Waals surface area contributed by atoms with Gasteiger partial charge in [0.1, 0.15) is 10.0 Å². The number of rotatable bonds is 3. The van der Waals surface area contributed by atoms with E-state index >= 15 is 0 Å². The molecule has 1 aromatic carbocycles. The summed E-state index contributed by atoms with van der Waals surface area (Å²) in [5.41, 5.74) is 6.53. The zero-order chi connectivity index (χ0) is 13.3. The van der Waals surface area contributed by atoms with Crippen LogP contribution in [0.25, 0.3) is 0 Å². The molecule has 96 valence electrons. The van der Waals surface area contributed by atoms with E-state index in [1.54, 1.807) is 13.0 Å². The normalized spacial score (nSPS) is 11.4. The Morgan fingerprint density at radius 1 is 1.33 bits per heavy atom. The summed E-state index contributed by atoms with van der Waals surface area (Å²) in [5, 5.41) is 1.52. The lowest BCUT2D eigenvalue weighted by molar-refractivity contribution is 0.600. The van der Waals surface area contributed by atoms with Gasteiger partial charge in [-0.3, -0.25) is 4.72 Å². The van der Waals surface area contributed by atoms with Gasteiger partial charge in [0.25, 0.3) is 10.0 Å². The maximum atomic E-state index is 13.5. The lowest BCUT2D eigenvalue weighted by Crippen LogP contribution is -2.12. The second kappa shape index (κ2) is 4.58. The summed E-state index contributed by atoms with van der Waals surface area (Å²) in [4.78, 5) is 0. The second-order valence-corrected chi connectivity index (χ2v) is 6.61. The fourth-order valence-corrected chi connectivity index (χ4v) is 3.52. The molecular weight excluding hydrogens is 275 g/mol. The molecule has 0 radical (unpaired) electrons. The van der Waals surface area contributed by atoms with Gasteiger partial charge in [-0.25, -0.2) is 12.8 Å². The molecule has 1 heterocycles. The maximum Gasteiger partial charge on any atom is 0.271 e. The van der Waals surface area contributed by atoms with Crippen LogP contribution in [0, 0.1) is 12.7 Å². The van der Waals surface area contributed by atoms with E-state index in [0.717, 1.165) is 16.9 Å². The minimum absolute atomic E-state index is 0.0564. The minimum atomic E-state index is -3.78. The molecule has 0 aliphatic heterocycles. The predicted octanol–water partition coefficient (Wildman–Crippen LogP) is 2.58. The molecule has 0 fully saturated rings. The molecule has 0 saturated carbocycles. The Balaban J connectivity index is 2.36. The summed E-state index contributed by atoms with van der Waals surface area (Å²) in [6.45, 7) is 1.75. The van der Waals surface area contributed by atoms with Crippen molar-refractivity contribution in [2.24, 2.45) is 0 Å². The smallest absolute Gasteiger partial charge is 0.271 e. The van der Waals surface area contributed by atoms with Crippen molar-refractivity contribution in [1.29, 1.82) is 0 Å². The fourth-order valence-electron chi connectivity index (χ4n) is 1.38. The molecule has 4 nitrogen and oxygen atoms in total. The van der Waals surface area contributed by atoms with Crippen molar-refractivity contribution in [2.45, 2.75) is 11.1 Å². The summed E-state index contributed by atoms with van der Waals surface area (Å²) in [7, 11) is -3.78. The van der Waals surface area contributed by atoms with E-state index in [9.17, 15) is 12.8 Å². The zero-order valence-corrected chi connectivity index (χ0v) is 11.1. The van der Waals surface area contributed by atoms with Crippen LogP contribution >= 0.6 is 11.3 Å². The molecule has 2 aromatic rings. The first kappa shape index (κ1) is 12.8. The summed E-state index contributed by atoms with van der Waals surface area (Å²) in [5.74, 6) is -0.617. The molecule has 0 aliphatic carbocycles. The number of anilines is 2. The molecule has 7 heteroatoms. The van der Waals surface area contributed by atoms with E-state index in [1.165, 1.54) is 23.6 Å². The van der Waals surface area contributed by atoms with Crippen molar-refractivity contribution in [1.82, 2.24) is 0 Å². The summed E-state index contributed by atoms with van der Waals surface area (Å²) in [6, 6.07) is 5.55. The molecule has 0 aliphatic rings. The number of hydrogen-bond donors (Lipinski definition) is 2. The SMILES string of the molecule is Cc1ccc(F)c(NS(=O)(=O)c2cc(N)cs2)c1. The number of nitrogens with one attached hydrogen (secondary N) is 1. The number of sulfonamides is 1. The predicted molar refractivity (Wildman–Crippen MR) is 70.7 cm³/mol. The molecule has 0 bridgehead atoms. The van der Waals surface area contributed by atoms with Gasteiger partial charge in [-0.2, -0.15) is 0 Å². The number of nitrogen functional groups attached to an aromatic ring is 1. The van der Waals surface area contributed by atoms with Crippen molar-refractivity contribution in [3.63, 3.8) is 0 Å². The number of aryl methyl sites for hydroxylation is 1. The van der Waals surface area contributed by atoms with E-state index in [-0.39, 0.29) is 9.90 Å². The number of benzene rings is 1. The molecule has 0 spiro atoms. The van der Waals surface area contributed by atoms with Gasteiger partial charge < -0.3 is 5.73 Å². The number of thiophene rings is 1. The minimum Gasteiger partial charge on any atom is -0.398 e. The van der Waals surface area contributed by atoms with Gasteiger partial charge in [-0.15, -0.1) is 11.3 Å². The number of nitrogens with two attached hydrogens (primary N) is 1. The lowest BCUT2D eigenvalue weighted by atomic mass is 10.2. The molecule has 0 amide bonds. The van der Waals surface area contributed by atoms with Crippen LogP contribution in [0.3, 0.4) is 0 Å². The van der Waals surface area contributed by atoms with E-state index in [0.29, 0.717) is 5.69 Å². The van der Waals surface area contributed by atoms with Gasteiger partial charge in [0.2, 0.25) is 0 Å². The quantitative estimate of drug-likeness (QED) is 0.911. The van der Waals surface area contributed by atoms with Crippen LogP contribution in [-0.4, -0.2) is 8.42 Å². The topological polar surface area (TPSA) is 72.2 Å². The molecule has 0 atom stereocenters. The van der Waals surface area contributed by atoms with Crippen LogP contribution in [0.15, 0.2) is 33.9 Å². The van der Waals surface area contributed by atoms with E-state index in [4.69, 9.17) is 5.73 Å². The molecule has 0 unspecified atom stereocenters. The zero-order valence-electron chi connectivity index (χ0n) is 9.48.